The van der Waals surface area contributed by atoms with E-state index in [1.54, 1.807) is 55.7 Å². The second kappa shape index (κ2) is 7.39. The van der Waals surface area contributed by atoms with Crippen molar-refractivity contribution in [3.8, 4) is 0 Å². The van der Waals surface area contributed by atoms with Crippen LogP contribution in [0.2, 0.25) is 5.02 Å². The van der Waals surface area contributed by atoms with Gasteiger partial charge in [-0.15, -0.1) is 0 Å². The van der Waals surface area contributed by atoms with Gasteiger partial charge in [-0.1, -0.05) is 23.7 Å². The SMILES string of the molecule is Cc1c(Cl)cccc1S(=O)(=O)N(Cc1cccnc1)Cc1ccco1. The maximum absolute atomic E-state index is 13.2. The highest BCUT2D eigenvalue weighted by Crippen LogP contribution is 2.27. The van der Waals surface area contributed by atoms with Crippen LogP contribution >= 0.6 is 11.6 Å². The zero-order chi connectivity index (χ0) is 17.9. The van der Waals surface area contributed by atoms with Gasteiger partial charge in [-0.25, -0.2) is 8.42 Å². The van der Waals surface area contributed by atoms with E-state index in [1.165, 1.54) is 10.6 Å². The molecule has 7 heteroatoms. The number of sulfonamides is 1. The molecule has 0 spiro atoms. The maximum Gasteiger partial charge on any atom is 0.244 e. The van der Waals surface area contributed by atoms with Gasteiger partial charge in [0.1, 0.15) is 5.76 Å². The van der Waals surface area contributed by atoms with Crippen molar-refractivity contribution >= 4 is 21.6 Å². The molecule has 2 heterocycles. The van der Waals surface area contributed by atoms with E-state index in [2.05, 4.69) is 4.98 Å². The zero-order valence-corrected chi connectivity index (χ0v) is 15.2. The molecule has 0 fully saturated rings. The van der Waals surface area contributed by atoms with Gasteiger partial charge in [0.05, 0.1) is 17.7 Å². The van der Waals surface area contributed by atoms with Crippen LogP contribution < -0.4 is 0 Å². The summed E-state index contributed by atoms with van der Waals surface area (Å²) in [6, 6.07) is 12.0. The predicted molar refractivity (Wildman–Crippen MR) is 95.6 cm³/mol. The maximum atomic E-state index is 13.2. The number of halogens is 1. The Bertz CT molecular complexity index is 942. The molecule has 0 saturated carbocycles. The van der Waals surface area contributed by atoms with Gasteiger partial charge in [0.2, 0.25) is 10.0 Å². The van der Waals surface area contributed by atoms with Crippen LogP contribution in [0.15, 0.2) is 70.4 Å². The van der Waals surface area contributed by atoms with Crippen LogP contribution in [0.5, 0.6) is 0 Å². The van der Waals surface area contributed by atoms with Gasteiger partial charge >= 0.3 is 0 Å². The first-order chi connectivity index (χ1) is 12.0. The molecular formula is C18H17ClN2O3S. The number of aromatic nitrogens is 1. The topological polar surface area (TPSA) is 63.4 Å². The summed E-state index contributed by atoms with van der Waals surface area (Å²) < 4.78 is 33.2. The van der Waals surface area contributed by atoms with Gasteiger partial charge in [0.15, 0.2) is 0 Å². The quantitative estimate of drug-likeness (QED) is 0.651. The Morgan fingerprint density at radius 2 is 1.96 bits per heavy atom. The van der Waals surface area contributed by atoms with Gasteiger partial charge in [0, 0.05) is 24.0 Å². The molecule has 130 valence electrons. The van der Waals surface area contributed by atoms with E-state index in [1.807, 2.05) is 6.07 Å². The Morgan fingerprint density at radius 1 is 1.12 bits per heavy atom. The Morgan fingerprint density at radius 3 is 2.64 bits per heavy atom. The molecule has 0 aliphatic carbocycles. The van der Waals surface area contributed by atoms with E-state index in [9.17, 15) is 8.42 Å². The minimum Gasteiger partial charge on any atom is -0.468 e. The van der Waals surface area contributed by atoms with Gasteiger partial charge in [-0.05, 0) is 48.4 Å². The lowest BCUT2D eigenvalue weighted by molar-refractivity contribution is 0.358. The lowest BCUT2D eigenvalue weighted by Crippen LogP contribution is -2.30. The summed E-state index contributed by atoms with van der Waals surface area (Å²) in [4.78, 5) is 4.25. The standard InChI is InChI=1S/C18H17ClN2O3S/c1-14-17(19)7-2-8-18(14)25(22,23)21(13-16-6-4-10-24-16)12-15-5-3-9-20-11-15/h2-11H,12-13H2,1H3. The highest BCUT2D eigenvalue weighted by Gasteiger charge is 2.28. The summed E-state index contributed by atoms with van der Waals surface area (Å²) in [7, 11) is -3.77. The Balaban J connectivity index is 2.01. The van der Waals surface area contributed by atoms with Crippen molar-refractivity contribution < 1.29 is 12.8 Å². The zero-order valence-electron chi connectivity index (χ0n) is 13.6. The third kappa shape index (κ3) is 3.92. The van der Waals surface area contributed by atoms with Crippen molar-refractivity contribution in [3.05, 3.63) is 83.0 Å². The molecule has 0 radical (unpaired) electrons. The minimum atomic E-state index is -3.77. The third-order valence-electron chi connectivity index (χ3n) is 3.83. The minimum absolute atomic E-state index is 0.121. The molecule has 0 aliphatic rings. The molecule has 1 aromatic carbocycles. The molecule has 0 unspecified atom stereocenters. The first-order valence-electron chi connectivity index (χ1n) is 7.65. The number of nitrogens with zero attached hydrogens (tertiary/aromatic N) is 2. The molecule has 0 atom stereocenters. The van der Waals surface area contributed by atoms with E-state index >= 15 is 0 Å². The second-order valence-corrected chi connectivity index (χ2v) is 7.89. The fraction of sp³-hybridized carbons (Fsp3) is 0.167. The van der Waals surface area contributed by atoms with Crippen LogP contribution in [0, 0.1) is 6.92 Å². The highest BCUT2D eigenvalue weighted by atomic mass is 35.5. The molecular weight excluding hydrogens is 360 g/mol. The summed E-state index contributed by atoms with van der Waals surface area (Å²) in [5.74, 6) is 0.562. The molecule has 3 aromatic rings. The lowest BCUT2D eigenvalue weighted by atomic mass is 10.2. The normalized spacial score (nSPS) is 11.8. The summed E-state index contributed by atoms with van der Waals surface area (Å²) >= 11 is 6.12. The van der Waals surface area contributed by atoms with Crippen molar-refractivity contribution in [2.45, 2.75) is 24.9 Å². The lowest BCUT2D eigenvalue weighted by Gasteiger charge is -2.22. The van der Waals surface area contributed by atoms with E-state index in [0.29, 0.717) is 16.3 Å². The number of hydrogen-bond donors (Lipinski definition) is 0. The fourth-order valence-corrected chi connectivity index (χ4v) is 4.38. The van der Waals surface area contributed by atoms with Gasteiger partial charge in [0.25, 0.3) is 0 Å². The van der Waals surface area contributed by atoms with E-state index < -0.39 is 10.0 Å². The molecule has 25 heavy (non-hydrogen) atoms. The summed E-state index contributed by atoms with van der Waals surface area (Å²) in [5, 5.41) is 0.417. The molecule has 2 aromatic heterocycles. The third-order valence-corrected chi connectivity index (χ3v) is 6.18. The Kier molecular flexibility index (Phi) is 5.22. The van der Waals surface area contributed by atoms with Gasteiger partial charge in [-0.3, -0.25) is 4.98 Å². The average Bonchev–Trinajstić information content (AvgIpc) is 3.11. The number of rotatable bonds is 6. The fourth-order valence-electron chi connectivity index (χ4n) is 2.50. The van der Waals surface area contributed by atoms with E-state index in [4.69, 9.17) is 16.0 Å². The number of benzene rings is 1. The number of furan rings is 1. The molecule has 0 aliphatic heterocycles. The first kappa shape index (κ1) is 17.7. The number of pyridine rings is 1. The van der Waals surface area contributed by atoms with Crippen molar-refractivity contribution in [1.29, 1.82) is 0 Å². The largest absolute Gasteiger partial charge is 0.468 e. The van der Waals surface area contributed by atoms with Gasteiger partial charge < -0.3 is 4.42 Å². The van der Waals surface area contributed by atoms with Crippen LogP contribution in [0.1, 0.15) is 16.9 Å². The summed E-state index contributed by atoms with van der Waals surface area (Å²) in [6.45, 7) is 2.00. The van der Waals surface area contributed by atoms with Crippen molar-refractivity contribution in [3.63, 3.8) is 0 Å². The van der Waals surface area contributed by atoms with Crippen molar-refractivity contribution in [2.75, 3.05) is 0 Å². The van der Waals surface area contributed by atoms with Crippen LogP contribution in [0.25, 0.3) is 0 Å². The smallest absolute Gasteiger partial charge is 0.244 e. The Hall–Kier alpha value is -2.15. The van der Waals surface area contributed by atoms with Crippen LogP contribution in [-0.2, 0) is 23.1 Å². The van der Waals surface area contributed by atoms with Crippen molar-refractivity contribution in [2.24, 2.45) is 0 Å². The second-order valence-electron chi connectivity index (χ2n) is 5.58. The van der Waals surface area contributed by atoms with Crippen LogP contribution in [0.4, 0.5) is 0 Å². The Labute approximate surface area is 151 Å². The summed E-state index contributed by atoms with van der Waals surface area (Å²) in [5.41, 5.74) is 1.32. The van der Waals surface area contributed by atoms with Crippen molar-refractivity contribution in [1.82, 2.24) is 9.29 Å². The van der Waals surface area contributed by atoms with E-state index in [-0.39, 0.29) is 18.0 Å². The molecule has 0 bridgehead atoms. The number of hydrogen-bond acceptors (Lipinski definition) is 4. The van der Waals surface area contributed by atoms with Crippen LogP contribution in [0.3, 0.4) is 0 Å². The molecule has 0 saturated heterocycles. The van der Waals surface area contributed by atoms with Crippen LogP contribution in [-0.4, -0.2) is 17.7 Å². The molecule has 3 rings (SSSR count). The average molecular weight is 377 g/mol. The molecule has 0 N–H and O–H groups in total. The first-order valence-corrected chi connectivity index (χ1v) is 9.47. The van der Waals surface area contributed by atoms with Gasteiger partial charge in [-0.2, -0.15) is 4.31 Å². The summed E-state index contributed by atoms with van der Waals surface area (Å²) in [6.07, 6.45) is 4.82. The van der Waals surface area contributed by atoms with E-state index in [0.717, 1.165) is 5.56 Å². The predicted octanol–water partition coefficient (Wildman–Crippen LogP) is 4.03. The monoisotopic (exact) mass is 376 g/mol. The highest BCUT2D eigenvalue weighted by molar-refractivity contribution is 7.89. The molecule has 5 nitrogen and oxygen atoms in total. The molecule has 0 amide bonds.